The zero-order chi connectivity index (χ0) is 19.3. The first kappa shape index (κ1) is 20.5. The Morgan fingerprint density at radius 2 is 1.73 bits per heavy atom. The third-order valence-corrected chi connectivity index (χ3v) is 5.70. The number of hydrogen-bond donors (Lipinski definition) is 1. The van der Waals surface area contributed by atoms with E-state index in [2.05, 4.69) is 4.72 Å². The first-order valence-electron chi connectivity index (χ1n) is 7.92. The molecule has 0 aliphatic carbocycles. The molecule has 2 aromatic carbocycles. The van der Waals surface area contributed by atoms with Gasteiger partial charge < -0.3 is 14.4 Å². The van der Waals surface area contributed by atoms with Gasteiger partial charge in [-0.15, -0.1) is 0 Å². The summed E-state index contributed by atoms with van der Waals surface area (Å²) in [6, 6.07) is 11.8. The highest BCUT2D eigenvalue weighted by atomic mass is 35.5. The highest BCUT2D eigenvalue weighted by molar-refractivity contribution is 7.89. The monoisotopic (exact) mass is 398 g/mol. The Kier molecular flexibility index (Phi) is 6.88. The van der Waals surface area contributed by atoms with Gasteiger partial charge in [0.2, 0.25) is 10.0 Å². The second-order valence-electron chi connectivity index (χ2n) is 5.90. The fraction of sp³-hybridized carbons (Fsp3) is 0.333. The molecule has 2 aromatic rings. The topological polar surface area (TPSA) is 67.9 Å². The molecule has 0 bridgehead atoms. The van der Waals surface area contributed by atoms with Gasteiger partial charge in [0.25, 0.3) is 0 Å². The molecule has 26 heavy (non-hydrogen) atoms. The van der Waals surface area contributed by atoms with Crippen molar-refractivity contribution in [3.63, 3.8) is 0 Å². The molecular formula is C18H23ClN2O4S. The van der Waals surface area contributed by atoms with E-state index >= 15 is 0 Å². The Labute approximate surface area is 159 Å². The van der Waals surface area contributed by atoms with Crippen molar-refractivity contribution >= 4 is 21.6 Å². The van der Waals surface area contributed by atoms with Crippen LogP contribution < -0.4 is 14.2 Å². The standard InChI is InChI=1S/C18H23ClN2O4S/c1-21(2)16(13-5-7-14(19)8-6-13)12-20-26(22,23)18-11-15(24-3)9-10-17(18)25-4/h5-11,16,20H,12H2,1-4H3. The van der Waals surface area contributed by atoms with Gasteiger partial charge in [-0.3, -0.25) is 0 Å². The van der Waals surface area contributed by atoms with Gasteiger partial charge in [0, 0.05) is 23.7 Å². The number of nitrogens with one attached hydrogen (secondary N) is 1. The molecule has 0 spiro atoms. The number of ether oxygens (including phenoxy) is 2. The Hall–Kier alpha value is -1.80. The van der Waals surface area contributed by atoms with Crippen LogP contribution in [-0.4, -0.2) is 48.2 Å². The smallest absolute Gasteiger partial charge is 0.244 e. The first-order chi connectivity index (χ1) is 12.3. The molecule has 0 saturated heterocycles. The number of hydrogen-bond acceptors (Lipinski definition) is 5. The van der Waals surface area contributed by atoms with Crippen LogP contribution in [-0.2, 0) is 10.0 Å². The summed E-state index contributed by atoms with van der Waals surface area (Å²) in [4.78, 5) is 1.97. The van der Waals surface area contributed by atoms with Crippen molar-refractivity contribution in [1.82, 2.24) is 9.62 Å². The maximum Gasteiger partial charge on any atom is 0.244 e. The van der Waals surface area contributed by atoms with Crippen LogP contribution in [0.2, 0.25) is 5.02 Å². The fourth-order valence-electron chi connectivity index (χ4n) is 2.54. The zero-order valence-electron chi connectivity index (χ0n) is 15.2. The molecule has 142 valence electrons. The van der Waals surface area contributed by atoms with Crippen molar-refractivity contribution in [3.8, 4) is 11.5 Å². The van der Waals surface area contributed by atoms with Crippen molar-refractivity contribution in [2.45, 2.75) is 10.9 Å². The zero-order valence-corrected chi connectivity index (χ0v) is 16.8. The van der Waals surface area contributed by atoms with Gasteiger partial charge >= 0.3 is 0 Å². The van der Waals surface area contributed by atoms with Crippen LogP contribution in [0, 0.1) is 0 Å². The molecule has 0 aliphatic heterocycles. The Morgan fingerprint density at radius 3 is 2.27 bits per heavy atom. The van der Waals surface area contributed by atoms with Crippen LogP contribution in [0.3, 0.4) is 0 Å². The summed E-state index contributed by atoms with van der Waals surface area (Å²) in [6.45, 7) is 0.192. The molecule has 8 heteroatoms. The van der Waals surface area contributed by atoms with Crippen molar-refractivity contribution in [2.24, 2.45) is 0 Å². The van der Waals surface area contributed by atoms with Crippen molar-refractivity contribution in [1.29, 1.82) is 0 Å². The van der Waals surface area contributed by atoms with E-state index in [1.807, 2.05) is 31.1 Å². The summed E-state index contributed by atoms with van der Waals surface area (Å²) >= 11 is 5.94. The molecule has 0 saturated carbocycles. The van der Waals surface area contributed by atoms with E-state index in [4.69, 9.17) is 21.1 Å². The van der Waals surface area contributed by atoms with Gasteiger partial charge in [-0.2, -0.15) is 0 Å². The lowest BCUT2D eigenvalue weighted by molar-refractivity contribution is 0.299. The number of methoxy groups -OCH3 is 2. The van der Waals surface area contributed by atoms with Gasteiger partial charge in [0.05, 0.1) is 14.2 Å². The minimum atomic E-state index is -3.79. The highest BCUT2D eigenvalue weighted by Gasteiger charge is 2.23. The molecule has 0 amide bonds. The number of sulfonamides is 1. The van der Waals surface area contributed by atoms with E-state index in [-0.39, 0.29) is 23.2 Å². The third-order valence-electron chi connectivity index (χ3n) is 4.01. The lowest BCUT2D eigenvalue weighted by Crippen LogP contribution is -2.34. The normalized spacial score (nSPS) is 12.8. The predicted molar refractivity (Wildman–Crippen MR) is 103 cm³/mol. The molecule has 1 N–H and O–H groups in total. The predicted octanol–water partition coefficient (Wildman–Crippen LogP) is 2.94. The van der Waals surface area contributed by atoms with E-state index in [1.165, 1.54) is 20.3 Å². The quantitative estimate of drug-likeness (QED) is 0.740. The number of rotatable bonds is 8. The van der Waals surface area contributed by atoms with Crippen molar-refractivity contribution in [3.05, 3.63) is 53.1 Å². The highest BCUT2D eigenvalue weighted by Crippen LogP contribution is 2.28. The number of nitrogens with zero attached hydrogens (tertiary/aromatic N) is 1. The summed E-state index contributed by atoms with van der Waals surface area (Å²) in [7, 11) is 2.90. The summed E-state index contributed by atoms with van der Waals surface area (Å²) < 4.78 is 38.6. The van der Waals surface area contributed by atoms with Crippen LogP contribution in [0.1, 0.15) is 11.6 Å². The van der Waals surface area contributed by atoms with Gasteiger partial charge in [-0.1, -0.05) is 23.7 Å². The molecular weight excluding hydrogens is 376 g/mol. The number of benzene rings is 2. The maximum atomic E-state index is 12.8. The minimum absolute atomic E-state index is 0.0352. The molecule has 6 nitrogen and oxygen atoms in total. The first-order valence-corrected chi connectivity index (χ1v) is 9.78. The molecule has 2 rings (SSSR count). The van der Waals surface area contributed by atoms with Crippen LogP contribution in [0.4, 0.5) is 0 Å². The Bertz CT molecular complexity index is 839. The Morgan fingerprint density at radius 1 is 1.08 bits per heavy atom. The molecule has 1 unspecified atom stereocenters. The Balaban J connectivity index is 2.26. The SMILES string of the molecule is COc1ccc(OC)c(S(=O)(=O)NCC(c2ccc(Cl)cc2)N(C)C)c1. The van der Waals surface area contributed by atoms with E-state index in [9.17, 15) is 8.42 Å². The molecule has 0 aromatic heterocycles. The maximum absolute atomic E-state index is 12.8. The molecule has 0 aliphatic rings. The van der Waals surface area contributed by atoms with Gasteiger partial charge in [-0.25, -0.2) is 13.1 Å². The molecule has 0 heterocycles. The van der Waals surface area contributed by atoms with Crippen LogP contribution in [0.15, 0.2) is 47.4 Å². The molecule has 0 radical (unpaired) electrons. The van der Waals surface area contributed by atoms with Crippen LogP contribution >= 0.6 is 11.6 Å². The van der Waals surface area contributed by atoms with E-state index < -0.39 is 10.0 Å². The summed E-state index contributed by atoms with van der Waals surface area (Å²) in [5.41, 5.74) is 0.958. The average molecular weight is 399 g/mol. The van der Waals surface area contributed by atoms with Gasteiger partial charge in [0.15, 0.2) is 0 Å². The minimum Gasteiger partial charge on any atom is -0.497 e. The van der Waals surface area contributed by atoms with Gasteiger partial charge in [-0.05, 0) is 43.9 Å². The van der Waals surface area contributed by atoms with Crippen LogP contribution in [0.5, 0.6) is 11.5 Å². The van der Waals surface area contributed by atoms with Crippen molar-refractivity contribution in [2.75, 3.05) is 34.9 Å². The average Bonchev–Trinajstić information content (AvgIpc) is 2.62. The lowest BCUT2D eigenvalue weighted by atomic mass is 10.1. The summed E-state index contributed by atoms with van der Waals surface area (Å²) in [5.74, 6) is 0.694. The van der Waals surface area contributed by atoms with E-state index in [0.29, 0.717) is 10.8 Å². The summed E-state index contributed by atoms with van der Waals surface area (Å²) in [5, 5.41) is 0.632. The second kappa shape index (κ2) is 8.73. The third kappa shape index (κ3) is 4.88. The summed E-state index contributed by atoms with van der Waals surface area (Å²) in [6.07, 6.45) is 0. The molecule has 1 atom stereocenters. The van der Waals surface area contributed by atoms with E-state index in [0.717, 1.165) is 5.56 Å². The van der Waals surface area contributed by atoms with Crippen LogP contribution in [0.25, 0.3) is 0 Å². The number of likely N-dealkylation sites (N-methyl/N-ethyl adjacent to an activating group) is 1. The number of halogens is 1. The molecule has 0 fully saturated rings. The largest absolute Gasteiger partial charge is 0.497 e. The fourth-order valence-corrected chi connectivity index (χ4v) is 3.89. The van der Waals surface area contributed by atoms with Gasteiger partial charge in [0.1, 0.15) is 16.4 Å². The lowest BCUT2D eigenvalue weighted by Gasteiger charge is -2.25. The van der Waals surface area contributed by atoms with E-state index in [1.54, 1.807) is 24.3 Å². The second-order valence-corrected chi connectivity index (χ2v) is 8.07. The van der Waals surface area contributed by atoms with Crippen molar-refractivity contribution < 1.29 is 17.9 Å².